The lowest BCUT2D eigenvalue weighted by Gasteiger charge is -1.88. The lowest BCUT2D eigenvalue weighted by Crippen LogP contribution is -1.84. The van der Waals surface area contributed by atoms with Gasteiger partial charge in [-0.2, -0.15) is 0 Å². The van der Waals surface area contributed by atoms with Gasteiger partial charge in [-0.15, -0.1) is 0 Å². The Morgan fingerprint density at radius 3 is 1.89 bits per heavy atom. The molecule has 2 nitrogen and oxygen atoms in total. The van der Waals surface area contributed by atoms with Crippen LogP contribution < -0.4 is 0 Å². The number of nitrogens with zero attached hydrogens (tertiary/aromatic N) is 2. The van der Waals surface area contributed by atoms with Gasteiger partial charge in [-0.3, -0.25) is 0 Å². The van der Waals surface area contributed by atoms with Crippen LogP contribution in [0.2, 0.25) is 0 Å². The molecule has 0 unspecified atom stereocenters. The first-order valence-electron chi connectivity index (χ1n) is 2.54. The highest BCUT2D eigenvalue weighted by Crippen LogP contribution is 1.89. The highest BCUT2D eigenvalue weighted by atomic mass is 14.8. The molecular weight excluding hydrogens is 112 g/mol. The molecule has 0 amide bonds. The van der Waals surface area contributed by atoms with Gasteiger partial charge in [-0.05, 0) is 19.4 Å². The second kappa shape index (κ2) is 3.17. The lowest BCUT2D eigenvalue weighted by molar-refractivity contribution is 1.03. The molecule has 0 saturated carbocycles. The Labute approximate surface area is 56.0 Å². The van der Waals surface area contributed by atoms with Crippen LogP contribution in [0, 0.1) is 13.8 Å². The van der Waals surface area contributed by atoms with E-state index in [0.29, 0.717) is 0 Å². The zero-order chi connectivity index (χ0) is 5.98. The number of hydrogen-bond donors (Lipinski definition) is 0. The van der Waals surface area contributed by atoms with Crippen molar-refractivity contribution in [3.63, 3.8) is 0 Å². The van der Waals surface area contributed by atoms with Gasteiger partial charge < -0.3 is 0 Å². The Kier molecular flexibility index (Phi) is 2.85. The SMILES string of the molecule is C.Cc1cnc(C)nc1. The second-order valence-electron chi connectivity index (χ2n) is 1.81. The average molecular weight is 124 g/mol. The van der Waals surface area contributed by atoms with Gasteiger partial charge in [0, 0.05) is 12.4 Å². The van der Waals surface area contributed by atoms with Crippen LogP contribution in [0.1, 0.15) is 18.8 Å². The first-order valence-corrected chi connectivity index (χ1v) is 2.54. The van der Waals surface area contributed by atoms with Crippen molar-refractivity contribution in [2.24, 2.45) is 0 Å². The first-order chi connectivity index (χ1) is 3.79. The molecule has 0 bridgehead atoms. The van der Waals surface area contributed by atoms with Gasteiger partial charge in [0.2, 0.25) is 0 Å². The second-order valence-corrected chi connectivity index (χ2v) is 1.81. The van der Waals surface area contributed by atoms with Gasteiger partial charge in [0.15, 0.2) is 0 Å². The number of rotatable bonds is 0. The van der Waals surface area contributed by atoms with Crippen LogP contribution >= 0.6 is 0 Å². The van der Waals surface area contributed by atoms with Gasteiger partial charge in [0.1, 0.15) is 5.82 Å². The van der Waals surface area contributed by atoms with Gasteiger partial charge in [-0.1, -0.05) is 7.43 Å². The molecule has 0 saturated heterocycles. The fraction of sp³-hybridized carbons (Fsp3) is 0.429. The van der Waals surface area contributed by atoms with E-state index in [1.54, 1.807) is 0 Å². The Balaban J connectivity index is 0.000000640. The molecule has 1 aromatic heterocycles. The summed E-state index contributed by atoms with van der Waals surface area (Å²) in [5, 5.41) is 0. The van der Waals surface area contributed by atoms with Crippen molar-refractivity contribution in [3.8, 4) is 0 Å². The summed E-state index contributed by atoms with van der Waals surface area (Å²) in [5.74, 6) is 0.829. The van der Waals surface area contributed by atoms with Crippen LogP contribution in [0.5, 0.6) is 0 Å². The third-order valence-corrected chi connectivity index (χ3v) is 0.910. The highest BCUT2D eigenvalue weighted by Gasteiger charge is 1.82. The fourth-order valence-electron chi connectivity index (χ4n) is 0.457. The van der Waals surface area contributed by atoms with Gasteiger partial charge in [-0.25, -0.2) is 9.97 Å². The van der Waals surface area contributed by atoms with E-state index in [-0.39, 0.29) is 7.43 Å². The topological polar surface area (TPSA) is 25.8 Å². The number of aromatic nitrogens is 2. The molecule has 2 heteroatoms. The van der Waals surface area contributed by atoms with Crippen molar-refractivity contribution in [2.75, 3.05) is 0 Å². The summed E-state index contributed by atoms with van der Waals surface area (Å²) in [6.45, 7) is 3.85. The molecule has 1 aromatic rings. The maximum atomic E-state index is 3.97. The lowest BCUT2D eigenvalue weighted by atomic mass is 10.4. The molecule has 0 radical (unpaired) electrons. The molecule has 0 fully saturated rings. The minimum Gasteiger partial charge on any atom is -0.241 e. The zero-order valence-electron chi connectivity index (χ0n) is 5.05. The molecule has 0 aliphatic rings. The van der Waals surface area contributed by atoms with E-state index in [9.17, 15) is 0 Å². The molecule has 0 spiro atoms. The molecule has 9 heavy (non-hydrogen) atoms. The normalized spacial score (nSPS) is 8.22. The largest absolute Gasteiger partial charge is 0.241 e. The predicted molar refractivity (Wildman–Crippen MR) is 38.2 cm³/mol. The fourth-order valence-corrected chi connectivity index (χ4v) is 0.457. The van der Waals surface area contributed by atoms with Crippen LogP contribution in [0.15, 0.2) is 12.4 Å². The summed E-state index contributed by atoms with van der Waals surface area (Å²) in [6.07, 6.45) is 3.62. The number of aryl methyl sites for hydroxylation is 2. The molecule has 0 N–H and O–H groups in total. The van der Waals surface area contributed by atoms with E-state index >= 15 is 0 Å². The van der Waals surface area contributed by atoms with Crippen LogP contribution in [0.4, 0.5) is 0 Å². The Morgan fingerprint density at radius 2 is 1.56 bits per heavy atom. The van der Waals surface area contributed by atoms with Crippen molar-refractivity contribution in [2.45, 2.75) is 21.3 Å². The zero-order valence-corrected chi connectivity index (χ0v) is 5.05. The van der Waals surface area contributed by atoms with E-state index in [1.165, 1.54) is 0 Å². The quantitative estimate of drug-likeness (QED) is 0.526. The molecule has 50 valence electrons. The Bertz CT molecular complexity index is 146. The minimum atomic E-state index is 0. The van der Waals surface area contributed by atoms with Crippen molar-refractivity contribution in [1.29, 1.82) is 0 Å². The van der Waals surface area contributed by atoms with E-state index in [0.717, 1.165) is 11.4 Å². The summed E-state index contributed by atoms with van der Waals surface area (Å²) in [7, 11) is 0. The van der Waals surface area contributed by atoms with Gasteiger partial charge >= 0.3 is 0 Å². The maximum absolute atomic E-state index is 3.97. The molecule has 1 heterocycles. The summed E-state index contributed by atoms with van der Waals surface area (Å²) in [6, 6.07) is 0. The van der Waals surface area contributed by atoms with Crippen molar-refractivity contribution < 1.29 is 0 Å². The van der Waals surface area contributed by atoms with Crippen LogP contribution in [-0.2, 0) is 0 Å². The molecule has 0 aliphatic carbocycles. The van der Waals surface area contributed by atoms with Crippen molar-refractivity contribution >= 4 is 0 Å². The average Bonchev–Trinajstić information content (AvgIpc) is 1.77. The third-order valence-electron chi connectivity index (χ3n) is 0.910. The summed E-state index contributed by atoms with van der Waals surface area (Å²) < 4.78 is 0. The van der Waals surface area contributed by atoms with E-state index in [4.69, 9.17) is 0 Å². The van der Waals surface area contributed by atoms with Crippen LogP contribution in [-0.4, -0.2) is 9.97 Å². The van der Waals surface area contributed by atoms with Crippen molar-refractivity contribution in [3.05, 3.63) is 23.8 Å². The molecular formula is C7H12N2. The highest BCUT2D eigenvalue weighted by molar-refractivity contribution is 5.00. The summed E-state index contributed by atoms with van der Waals surface area (Å²) in [5.41, 5.74) is 1.11. The van der Waals surface area contributed by atoms with Crippen LogP contribution in [0.25, 0.3) is 0 Å². The predicted octanol–water partition coefficient (Wildman–Crippen LogP) is 1.73. The minimum absolute atomic E-state index is 0. The number of hydrogen-bond acceptors (Lipinski definition) is 2. The van der Waals surface area contributed by atoms with Gasteiger partial charge in [0.05, 0.1) is 0 Å². The van der Waals surface area contributed by atoms with E-state index in [2.05, 4.69) is 9.97 Å². The monoisotopic (exact) mass is 124 g/mol. The van der Waals surface area contributed by atoms with Crippen LogP contribution in [0.3, 0.4) is 0 Å². The first kappa shape index (κ1) is 8.08. The van der Waals surface area contributed by atoms with Crippen molar-refractivity contribution in [1.82, 2.24) is 9.97 Å². The van der Waals surface area contributed by atoms with E-state index in [1.807, 2.05) is 26.2 Å². The smallest absolute Gasteiger partial charge is 0.125 e. The summed E-state index contributed by atoms with van der Waals surface area (Å²) in [4.78, 5) is 7.94. The molecule has 0 aromatic carbocycles. The Hall–Kier alpha value is -0.920. The third kappa shape index (κ3) is 2.22. The van der Waals surface area contributed by atoms with E-state index < -0.39 is 0 Å². The summed E-state index contributed by atoms with van der Waals surface area (Å²) >= 11 is 0. The molecule has 1 rings (SSSR count). The Morgan fingerprint density at radius 1 is 1.11 bits per heavy atom. The van der Waals surface area contributed by atoms with Gasteiger partial charge in [0.25, 0.3) is 0 Å². The standard InChI is InChI=1S/C6H8N2.CH4/c1-5-3-7-6(2)8-4-5;/h3-4H,1-2H3;1H4. The molecule has 0 aliphatic heterocycles. The molecule has 0 atom stereocenters. The maximum Gasteiger partial charge on any atom is 0.125 e.